The Morgan fingerprint density at radius 3 is 2.59 bits per heavy atom. The number of anilines is 1. The highest BCUT2D eigenvalue weighted by Gasteiger charge is 2.46. The zero-order valence-corrected chi connectivity index (χ0v) is 17.9. The normalized spacial score (nSPS) is 17.8. The highest BCUT2D eigenvalue weighted by Crippen LogP contribution is 2.39. The number of benzene rings is 1. The van der Waals surface area contributed by atoms with Gasteiger partial charge in [0, 0.05) is 6.54 Å². The van der Waals surface area contributed by atoms with Gasteiger partial charge in [0.1, 0.15) is 10.7 Å². The van der Waals surface area contributed by atoms with Crippen LogP contribution in [0.1, 0.15) is 16.8 Å². The summed E-state index contributed by atoms with van der Waals surface area (Å²) in [5, 5.41) is 19.0. The van der Waals surface area contributed by atoms with Crippen LogP contribution in [-0.4, -0.2) is 55.3 Å². The van der Waals surface area contributed by atoms with E-state index >= 15 is 0 Å². The summed E-state index contributed by atoms with van der Waals surface area (Å²) >= 11 is 0. The molecule has 0 amide bonds. The molecule has 0 spiro atoms. The van der Waals surface area contributed by atoms with Crippen molar-refractivity contribution in [3.8, 4) is 6.07 Å². The number of sulfone groups is 1. The number of ether oxygens (including phenoxy) is 1. The number of hydrogen-bond donors (Lipinski definition) is 0. The molecule has 182 valence electrons. The Kier molecular flexibility index (Phi) is 6.71. The number of alkyl halides is 3. The molecule has 1 saturated heterocycles. The van der Waals surface area contributed by atoms with E-state index in [1.807, 2.05) is 0 Å². The summed E-state index contributed by atoms with van der Waals surface area (Å²) in [4.78, 5) is 17.9. The third-order valence-electron chi connectivity index (χ3n) is 4.82. The zero-order chi connectivity index (χ0) is 25.4. The van der Waals surface area contributed by atoms with E-state index in [0.717, 1.165) is 11.0 Å². The predicted octanol–water partition coefficient (Wildman–Crippen LogP) is 2.78. The molecular weight excluding hydrogens is 493 g/mol. The smallest absolute Gasteiger partial charge is 0.365 e. The lowest BCUT2D eigenvalue weighted by molar-refractivity contribution is -0.385. The Morgan fingerprint density at radius 1 is 1.32 bits per heavy atom. The molecule has 0 N–H and O–H groups in total. The van der Waals surface area contributed by atoms with Crippen molar-refractivity contribution in [3.05, 3.63) is 51.5 Å². The van der Waals surface area contributed by atoms with Gasteiger partial charge in [-0.25, -0.2) is 27.2 Å². The topological polar surface area (TPSA) is 139 Å². The minimum absolute atomic E-state index is 0.272. The maximum atomic E-state index is 14.2. The summed E-state index contributed by atoms with van der Waals surface area (Å²) in [6, 6.07) is 3.44. The fraction of sp³-hybridized carbons (Fsp3) is 0.389. The maximum absolute atomic E-state index is 14.2. The monoisotopic (exact) mass is 507 g/mol. The second kappa shape index (κ2) is 9.06. The molecule has 2 atom stereocenters. The first kappa shape index (κ1) is 25.2. The van der Waals surface area contributed by atoms with Crippen molar-refractivity contribution in [1.82, 2.24) is 9.97 Å². The largest absolute Gasteiger partial charge is 0.416 e. The van der Waals surface area contributed by atoms with Crippen LogP contribution in [0.15, 0.2) is 23.1 Å². The van der Waals surface area contributed by atoms with Gasteiger partial charge >= 0.3 is 11.9 Å². The predicted molar refractivity (Wildman–Crippen MR) is 103 cm³/mol. The fourth-order valence-corrected chi connectivity index (χ4v) is 4.77. The minimum Gasteiger partial charge on any atom is -0.365 e. The molecule has 1 aliphatic rings. The molecule has 34 heavy (non-hydrogen) atoms. The lowest BCUT2D eigenvalue weighted by atomic mass is 10.2. The molecule has 1 aliphatic heterocycles. The molecule has 0 saturated carbocycles. The van der Waals surface area contributed by atoms with Crippen LogP contribution in [0.25, 0.3) is 0 Å². The molecule has 0 radical (unpaired) electrons. The van der Waals surface area contributed by atoms with Gasteiger partial charge in [-0.15, -0.1) is 0 Å². The lowest BCUT2D eigenvalue weighted by Gasteiger charge is -2.34. The summed E-state index contributed by atoms with van der Waals surface area (Å²) in [5.74, 6) is -4.32. The van der Waals surface area contributed by atoms with Gasteiger partial charge in [0.2, 0.25) is 20.9 Å². The molecule has 1 aromatic heterocycles. The summed E-state index contributed by atoms with van der Waals surface area (Å²) in [6.07, 6.45) is -7.11. The van der Waals surface area contributed by atoms with E-state index in [-0.39, 0.29) is 12.4 Å². The number of rotatable bonds is 5. The lowest BCUT2D eigenvalue weighted by Crippen LogP contribution is -2.49. The van der Waals surface area contributed by atoms with Crippen molar-refractivity contribution in [1.29, 1.82) is 5.26 Å². The van der Waals surface area contributed by atoms with Gasteiger partial charge in [-0.3, -0.25) is 10.1 Å². The molecule has 3 rings (SSSR count). The third-order valence-corrected chi connectivity index (χ3v) is 6.69. The molecule has 2 aromatic rings. The van der Waals surface area contributed by atoms with E-state index in [4.69, 9.17) is 0 Å². The van der Waals surface area contributed by atoms with Crippen LogP contribution >= 0.6 is 0 Å². The van der Waals surface area contributed by atoms with Gasteiger partial charge in [-0.05, 0) is 19.1 Å². The number of nitro groups is 1. The number of morpholine rings is 1. The van der Waals surface area contributed by atoms with Gasteiger partial charge < -0.3 is 9.64 Å². The molecule has 1 fully saturated rings. The highest BCUT2D eigenvalue weighted by atomic mass is 32.2. The Bertz CT molecular complexity index is 1280. The van der Waals surface area contributed by atoms with Gasteiger partial charge in [0.05, 0.1) is 24.1 Å². The van der Waals surface area contributed by atoms with Crippen LogP contribution in [-0.2, 0) is 14.6 Å². The van der Waals surface area contributed by atoms with Gasteiger partial charge in [0.15, 0.2) is 23.4 Å². The molecular formula is C18H14F5N5O5S. The minimum atomic E-state index is -5.11. The molecule has 16 heteroatoms. The first-order valence-electron chi connectivity index (χ1n) is 9.32. The average Bonchev–Trinajstić information content (AvgIpc) is 2.74. The van der Waals surface area contributed by atoms with Crippen LogP contribution in [0.3, 0.4) is 0 Å². The Labute approximate surface area is 188 Å². The standard InChI is InChI=1S/C18H14F5N5O5S/c1-9-25-15(12(7-24)34(31,32)11-4-2-3-10(19)14(11)20)16(28(29)30)17(26-9)27-5-6-33-13(8-27)18(21,22)23/h2-4,12-13H,5-6,8H2,1H3. The van der Waals surface area contributed by atoms with E-state index in [0.29, 0.717) is 12.1 Å². The van der Waals surface area contributed by atoms with E-state index in [2.05, 4.69) is 14.7 Å². The van der Waals surface area contributed by atoms with Gasteiger partial charge in [-0.1, -0.05) is 6.07 Å². The van der Waals surface area contributed by atoms with Crippen molar-refractivity contribution in [2.45, 2.75) is 29.3 Å². The maximum Gasteiger partial charge on any atom is 0.416 e. The SMILES string of the molecule is Cc1nc(C(C#N)S(=O)(=O)c2cccc(F)c2F)c([N+](=O)[O-])c(N2CCOC(C(F)(F)F)C2)n1. The number of nitriles is 1. The molecule has 0 aliphatic carbocycles. The van der Waals surface area contributed by atoms with Crippen molar-refractivity contribution in [2.24, 2.45) is 0 Å². The first-order chi connectivity index (χ1) is 15.8. The van der Waals surface area contributed by atoms with Crippen molar-refractivity contribution >= 4 is 21.3 Å². The fourth-order valence-electron chi connectivity index (χ4n) is 3.30. The van der Waals surface area contributed by atoms with Crippen LogP contribution < -0.4 is 4.90 Å². The number of aromatic nitrogens is 2. The summed E-state index contributed by atoms with van der Waals surface area (Å²) in [6.45, 7) is -0.481. The zero-order valence-electron chi connectivity index (χ0n) is 17.1. The number of halogens is 5. The van der Waals surface area contributed by atoms with Crippen LogP contribution in [0.5, 0.6) is 0 Å². The molecule has 1 aromatic carbocycles. The Morgan fingerprint density at radius 2 is 2.00 bits per heavy atom. The van der Waals surface area contributed by atoms with Crippen molar-refractivity contribution in [2.75, 3.05) is 24.6 Å². The summed E-state index contributed by atoms with van der Waals surface area (Å²) in [7, 11) is -5.11. The quantitative estimate of drug-likeness (QED) is 0.339. The van der Waals surface area contributed by atoms with E-state index in [9.17, 15) is 45.7 Å². The Balaban J connectivity index is 2.20. The Hall–Kier alpha value is -3.45. The van der Waals surface area contributed by atoms with Crippen LogP contribution in [0.2, 0.25) is 0 Å². The van der Waals surface area contributed by atoms with Crippen molar-refractivity contribution in [3.63, 3.8) is 0 Å². The highest BCUT2D eigenvalue weighted by molar-refractivity contribution is 7.92. The molecule has 2 heterocycles. The summed E-state index contributed by atoms with van der Waals surface area (Å²) in [5.41, 5.74) is -2.14. The number of nitrogens with zero attached hydrogens (tertiary/aromatic N) is 5. The first-order valence-corrected chi connectivity index (χ1v) is 10.9. The van der Waals surface area contributed by atoms with Crippen molar-refractivity contribution < 1.29 is 40.0 Å². The molecule has 0 bridgehead atoms. The second-order valence-corrected chi connectivity index (χ2v) is 9.04. The summed E-state index contributed by atoms with van der Waals surface area (Å²) < 4.78 is 97.9. The number of aryl methyl sites for hydroxylation is 1. The van der Waals surface area contributed by atoms with Crippen LogP contribution in [0, 0.1) is 40.0 Å². The van der Waals surface area contributed by atoms with E-state index < -0.39 is 79.2 Å². The van der Waals surface area contributed by atoms with Crippen LogP contribution in [0.4, 0.5) is 33.5 Å². The van der Waals surface area contributed by atoms with E-state index in [1.165, 1.54) is 13.0 Å². The average molecular weight is 507 g/mol. The van der Waals surface area contributed by atoms with E-state index in [1.54, 1.807) is 0 Å². The third kappa shape index (κ3) is 4.61. The second-order valence-electron chi connectivity index (χ2n) is 7.04. The molecule has 2 unspecified atom stereocenters. The van der Waals surface area contributed by atoms with Gasteiger partial charge in [0.25, 0.3) is 0 Å². The molecule has 10 nitrogen and oxygen atoms in total. The van der Waals surface area contributed by atoms with Gasteiger partial charge in [-0.2, -0.15) is 18.4 Å². The number of hydrogen-bond acceptors (Lipinski definition) is 9.